The van der Waals surface area contributed by atoms with Crippen LogP contribution in [0.15, 0.2) is 47.2 Å². The molecule has 0 saturated heterocycles. The van der Waals surface area contributed by atoms with Gasteiger partial charge in [-0.15, -0.1) is 0 Å². The van der Waals surface area contributed by atoms with Crippen molar-refractivity contribution in [3.05, 3.63) is 63.9 Å². The van der Waals surface area contributed by atoms with Crippen LogP contribution in [0.5, 0.6) is 5.75 Å². The zero-order chi connectivity index (χ0) is 30.8. The second kappa shape index (κ2) is 10.3. The number of phenolic OH excluding ortho intramolecular Hbond substituents is 1. The smallest absolute Gasteiger partial charge is 0.255 e. The molecule has 42 heavy (non-hydrogen) atoms. The number of aliphatic hydroxyl groups is 3. The van der Waals surface area contributed by atoms with Crippen LogP contribution in [0.4, 0.5) is 5.69 Å². The number of primary amides is 1. The molecule has 2 aromatic carbocycles. The van der Waals surface area contributed by atoms with Crippen molar-refractivity contribution in [2.75, 3.05) is 33.1 Å². The number of fused-ring (bicyclic) bond motifs is 3. The molecule has 0 unspecified atom stereocenters. The van der Waals surface area contributed by atoms with Gasteiger partial charge in [0.05, 0.1) is 11.6 Å². The Balaban J connectivity index is 1.76. The maximum absolute atomic E-state index is 14.2. The van der Waals surface area contributed by atoms with Crippen LogP contribution in [0, 0.1) is 11.8 Å². The number of carbonyl (C=O) groups excluding carboxylic acids is 3. The van der Waals surface area contributed by atoms with E-state index in [-0.39, 0.29) is 29.7 Å². The second-order valence-corrected chi connectivity index (χ2v) is 12.0. The van der Waals surface area contributed by atoms with Crippen LogP contribution >= 0.6 is 0 Å². The molecule has 1 amide bonds. The predicted octanol–water partition coefficient (Wildman–Crippen LogP) is 2.65. The third kappa shape index (κ3) is 4.12. The highest BCUT2D eigenvalue weighted by Crippen LogP contribution is 2.54. The van der Waals surface area contributed by atoms with Gasteiger partial charge in [0.1, 0.15) is 22.8 Å². The van der Waals surface area contributed by atoms with E-state index in [0.717, 1.165) is 29.7 Å². The van der Waals surface area contributed by atoms with E-state index in [4.69, 9.17) is 5.73 Å². The number of likely N-dealkylation sites (N-methyl/N-ethyl adjacent to an activating group) is 1. The number of nitrogens with zero attached hydrogens (tertiary/aromatic N) is 2. The topological polar surface area (TPSA) is 165 Å². The molecule has 0 aromatic heterocycles. The second-order valence-electron chi connectivity index (χ2n) is 12.0. The normalized spacial score (nSPS) is 25.4. The molecule has 2 aromatic rings. The zero-order valence-corrected chi connectivity index (χ0v) is 24.4. The van der Waals surface area contributed by atoms with Gasteiger partial charge in [0, 0.05) is 36.8 Å². The van der Waals surface area contributed by atoms with Crippen molar-refractivity contribution < 1.29 is 34.8 Å². The largest absolute Gasteiger partial charge is 0.508 e. The van der Waals surface area contributed by atoms with E-state index in [1.807, 2.05) is 49.3 Å². The van der Waals surface area contributed by atoms with Crippen molar-refractivity contribution in [3.8, 4) is 16.9 Å². The molecule has 222 valence electrons. The van der Waals surface area contributed by atoms with Gasteiger partial charge in [-0.2, -0.15) is 0 Å². The van der Waals surface area contributed by atoms with E-state index in [2.05, 4.69) is 6.92 Å². The molecule has 0 heterocycles. The number of benzene rings is 2. The number of carbonyl (C=O) groups is 3. The van der Waals surface area contributed by atoms with E-state index in [1.54, 1.807) is 14.1 Å². The van der Waals surface area contributed by atoms with Gasteiger partial charge in [-0.3, -0.25) is 19.3 Å². The first-order valence-electron chi connectivity index (χ1n) is 14.1. The summed E-state index contributed by atoms with van der Waals surface area (Å²) in [6, 6.07) is 8.49. The minimum Gasteiger partial charge on any atom is -0.508 e. The zero-order valence-electron chi connectivity index (χ0n) is 24.4. The average molecular weight is 576 g/mol. The van der Waals surface area contributed by atoms with Crippen LogP contribution in [0.2, 0.25) is 0 Å². The molecular formula is C32H37N3O7. The Kier molecular flexibility index (Phi) is 7.19. The van der Waals surface area contributed by atoms with Crippen LogP contribution < -0.4 is 10.6 Å². The molecule has 0 bridgehead atoms. The summed E-state index contributed by atoms with van der Waals surface area (Å²) in [6.45, 7) is 2.08. The van der Waals surface area contributed by atoms with Gasteiger partial charge in [0.15, 0.2) is 11.4 Å². The fourth-order valence-corrected chi connectivity index (χ4v) is 7.09. The number of ketones is 2. The first-order chi connectivity index (χ1) is 19.7. The number of rotatable bonds is 6. The highest BCUT2D eigenvalue weighted by atomic mass is 16.3. The van der Waals surface area contributed by atoms with Gasteiger partial charge in [0.25, 0.3) is 5.91 Å². The number of aryl methyl sites for hydroxylation is 1. The number of phenols is 1. The summed E-state index contributed by atoms with van der Waals surface area (Å²) in [7, 11) is 6.85. The molecule has 0 radical (unpaired) electrons. The van der Waals surface area contributed by atoms with Crippen LogP contribution in [0.3, 0.4) is 0 Å². The Morgan fingerprint density at radius 2 is 1.79 bits per heavy atom. The van der Waals surface area contributed by atoms with Gasteiger partial charge in [-0.1, -0.05) is 37.6 Å². The molecule has 1 fully saturated rings. The minimum absolute atomic E-state index is 0.0419. The number of anilines is 1. The maximum atomic E-state index is 14.2. The van der Waals surface area contributed by atoms with Gasteiger partial charge in [-0.05, 0) is 62.0 Å². The number of aliphatic hydroxyl groups excluding tert-OH is 2. The Hall–Kier alpha value is -4.15. The van der Waals surface area contributed by atoms with Crippen LogP contribution in [0.1, 0.15) is 36.5 Å². The molecule has 5 rings (SSSR count). The number of hydrogen-bond acceptors (Lipinski definition) is 9. The molecule has 0 aliphatic heterocycles. The fraction of sp³-hybridized carbons (Fsp3) is 0.406. The van der Waals surface area contributed by atoms with Crippen molar-refractivity contribution >= 4 is 28.9 Å². The Labute approximate surface area is 244 Å². The first kappa shape index (κ1) is 29.3. The Bertz CT molecular complexity index is 1590. The van der Waals surface area contributed by atoms with Crippen molar-refractivity contribution in [1.29, 1.82) is 0 Å². The molecule has 10 nitrogen and oxygen atoms in total. The fourth-order valence-electron chi connectivity index (χ4n) is 7.09. The summed E-state index contributed by atoms with van der Waals surface area (Å²) in [5, 5.41) is 46.2. The predicted molar refractivity (Wildman–Crippen MR) is 158 cm³/mol. The van der Waals surface area contributed by atoms with Crippen molar-refractivity contribution in [1.82, 2.24) is 4.90 Å². The van der Waals surface area contributed by atoms with Gasteiger partial charge in [-0.25, -0.2) is 0 Å². The lowest BCUT2D eigenvalue weighted by Crippen LogP contribution is -2.65. The summed E-state index contributed by atoms with van der Waals surface area (Å²) in [5.41, 5.74) is 5.47. The van der Waals surface area contributed by atoms with Gasteiger partial charge in [0.2, 0.25) is 5.78 Å². The molecule has 4 atom stereocenters. The van der Waals surface area contributed by atoms with Crippen LogP contribution in [-0.2, 0) is 27.2 Å². The third-order valence-corrected chi connectivity index (χ3v) is 8.96. The lowest BCUT2D eigenvalue weighted by molar-refractivity contribution is -0.153. The van der Waals surface area contributed by atoms with E-state index >= 15 is 0 Å². The van der Waals surface area contributed by atoms with E-state index < -0.39 is 58.0 Å². The highest BCUT2D eigenvalue weighted by molar-refractivity contribution is 6.24. The van der Waals surface area contributed by atoms with Crippen LogP contribution in [0.25, 0.3) is 16.9 Å². The summed E-state index contributed by atoms with van der Waals surface area (Å²) in [4.78, 5) is 43.0. The number of Topliss-reactive ketones (excluding diaryl/α,β-unsaturated/α-hetero) is 2. The maximum Gasteiger partial charge on any atom is 0.255 e. The standard InChI is InChI=1S/C32H37N3O7/c1-6-8-15-9-7-10-16(11-15)18-14-21(34(2)3)19-12-17-13-20-25(35(4)5)28(38)24(31(33)41)30(40)32(20,42)29(39)22(17)27(37)23(19)26(18)36/h7,9-11,14,17,20,25,36-37,40,42H,6,8,12-13H2,1-5H3,(H2,33,41)/t17-,20-,25-,32-/m0/s1. The molecule has 0 spiro atoms. The van der Waals surface area contributed by atoms with E-state index in [9.17, 15) is 34.8 Å². The monoisotopic (exact) mass is 575 g/mol. The summed E-state index contributed by atoms with van der Waals surface area (Å²) < 4.78 is 0. The molecule has 3 aliphatic rings. The highest BCUT2D eigenvalue weighted by Gasteiger charge is 2.64. The number of nitrogens with two attached hydrogens (primary N) is 1. The van der Waals surface area contributed by atoms with Crippen molar-refractivity contribution in [3.63, 3.8) is 0 Å². The minimum atomic E-state index is -2.67. The number of hydrogen-bond donors (Lipinski definition) is 5. The summed E-state index contributed by atoms with van der Waals surface area (Å²) >= 11 is 0. The number of aromatic hydroxyl groups is 1. The van der Waals surface area contributed by atoms with Crippen molar-refractivity contribution in [2.45, 2.75) is 44.2 Å². The van der Waals surface area contributed by atoms with Gasteiger partial charge < -0.3 is 31.1 Å². The molecule has 6 N–H and O–H groups in total. The lowest BCUT2D eigenvalue weighted by Gasteiger charge is -2.50. The number of amides is 1. The SMILES string of the molecule is CCCc1cccc(-c2cc(N(C)C)c3c(c2O)C(O)=C2C(=O)[C@]4(O)C(O)=C(C(N)=O)C(=O)[C@@H](N(C)C)[C@@H]4C[C@@H]2C3)c1. The molecular weight excluding hydrogens is 538 g/mol. The van der Waals surface area contributed by atoms with E-state index in [0.29, 0.717) is 11.1 Å². The third-order valence-electron chi connectivity index (χ3n) is 8.96. The lowest BCUT2D eigenvalue weighted by atomic mass is 9.57. The van der Waals surface area contributed by atoms with Gasteiger partial charge >= 0.3 is 0 Å². The average Bonchev–Trinajstić information content (AvgIpc) is 2.90. The molecule has 1 saturated carbocycles. The molecule has 3 aliphatic carbocycles. The van der Waals surface area contributed by atoms with Crippen molar-refractivity contribution in [2.24, 2.45) is 17.6 Å². The summed E-state index contributed by atoms with van der Waals surface area (Å²) in [6.07, 6.45) is 2.07. The quantitative estimate of drug-likeness (QED) is 0.326. The Morgan fingerprint density at radius 3 is 2.38 bits per heavy atom. The summed E-state index contributed by atoms with van der Waals surface area (Å²) in [5.74, 6) is -6.63. The first-order valence-corrected chi connectivity index (χ1v) is 14.1. The van der Waals surface area contributed by atoms with E-state index in [1.165, 1.54) is 4.90 Å². The molecule has 10 heteroatoms. The van der Waals surface area contributed by atoms with Crippen LogP contribution in [-0.4, -0.2) is 82.6 Å². The Morgan fingerprint density at radius 1 is 1.10 bits per heavy atom.